The van der Waals surface area contributed by atoms with Crippen molar-refractivity contribution in [1.82, 2.24) is 29.7 Å². The summed E-state index contributed by atoms with van der Waals surface area (Å²) in [4.78, 5) is 42.8. The Morgan fingerprint density at radius 3 is 2.72 bits per heavy atom. The second kappa shape index (κ2) is 13.0. The van der Waals surface area contributed by atoms with E-state index < -0.39 is 17.9 Å². The summed E-state index contributed by atoms with van der Waals surface area (Å²) in [6.45, 7) is 5.02. The Labute approximate surface area is 248 Å². The van der Waals surface area contributed by atoms with Crippen molar-refractivity contribution in [3.8, 4) is 0 Å². The van der Waals surface area contributed by atoms with Crippen molar-refractivity contribution >= 4 is 66.3 Å². The van der Waals surface area contributed by atoms with Crippen molar-refractivity contribution in [2.24, 2.45) is 7.05 Å². The summed E-state index contributed by atoms with van der Waals surface area (Å²) < 4.78 is 8.76. The fourth-order valence-electron chi connectivity index (χ4n) is 4.20. The number of aromatic nitrogens is 4. The zero-order valence-electron chi connectivity index (χ0n) is 21.6. The second-order valence-corrected chi connectivity index (χ2v) is 10.8. The number of amides is 2. The van der Waals surface area contributed by atoms with Gasteiger partial charge in [0, 0.05) is 43.6 Å². The van der Waals surface area contributed by atoms with E-state index in [0.717, 1.165) is 21.1 Å². The Bertz CT molecular complexity index is 1510. The number of rotatable bonds is 10. The van der Waals surface area contributed by atoms with Gasteiger partial charge in [-0.1, -0.05) is 27.5 Å². The van der Waals surface area contributed by atoms with Gasteiger partial charge in [0.25, 0.3) is 11.8 Å². The Morgan fingerprint density at radius 1 is 1.21 bits per heavy atom. The number of aryl methyl sites for hydroxylation is 2. The number of nitrogens with one attached hydrogen (secondary N) is 1. The van der Waals surface area contributed by atoms with Crippen molar-refractivity contribution in [2.75, 3.05) is 19.8 Å². The highest BCUT2D eigenvalue weighted by Gasteiger charge is 2.36. The van der Waals surface area contributed by atoms with Crippen LogP contribution in [0.1, 0.15) is 40.3 Å². The third kappa shape index (κ3) is 6.66. The van der Waals surface area contributed by atoms with E-state index in [2.05, 4.69) is 47.1 Å². The number of carbonyl (C=O) groups is 2. The molecule has 0 aliphatic rings. The standard InChI is InChI=1S/C27H27Br2ClN6O3/c1-4-39-11-10-32-26(37)23(25-34-20-13-18(28)7-8-21(20)35(25)3)36(15-17-14-33-22(29)12-16(17)2)27(38)19-6-5-9-31-24(19)30/h5-9,12-14,23H,4,10-11,15H2,1-3H3,(H,32,37). The summed E-state index contributed by atoms with van der Waals surface area (Å²) in [5, 5.41) is 2.96. The molecule has 3 heterocycles. The molecule has 3 aromatic heterocycles. The van der Waals surface area contributed by atoms with E-state index in [-0.39, 0.29) is 23.8 Å². The smallest absolute Gasteiger partial charge is 0.258 e. The number of hydrogen-bond acceptors (Lipinski definition) is 6. The van der Waals surface area contributed by atoms with E-state index >= 15 is 0 Å². The lowest BCUT2D eigenvalue weighted by Crippen LogP contribution is -2.45. The van der Waals surface area contributed by atoms with Crippen LogP contribution in [-0.2, 0) is 23.1 Å². The maximum Gasteiger partial charge on any atom is 0.258 e. The molecule has 9 nitrogen and oxygen atoms in total. The molecule has 4 aromatic rings. The summed E-state index contributed by atoms with van der Waals surface area (Å²) in [6, 6.07) is 9.66. The lowest BCUT2D eigenvalue weighted by molar-refractivity contribution is -0.126. The number of hydrogen-bond donors (Lipinski definition) is 1. The maximum atomic E-state index is 14.1. The molecule has 0 spiro atoms. The molecular weight excluding hydrogens is 652 g/mol. The predicted octanol–water partition coefficient (Wildman–Crippen LogP) is 5.39. The van der Waals surface area contributed by atoms with Gasteiger partial charge in [-0.15, -0.1) is 0 Å². The van der Waals surface area contributed by atoms with E-state index in [4.69, 9.17) is 21.3 Å². The van der Waals surface area contributed by atoms with Crippen LogP contribution in [0.4, 0.5) is 0 Å². The molecule has 0 saturated carbocycles. The highest BCUT2D eigenvalue weighted by molar-refractivity contribution is 9.10. The van der Waals surface area contributed by atoms with Gasteiger partial charge in [-0.3, -0.25) is 9.59 Å². The summed E-state index contributed by atoms with van der Waals surface area (Å²) in [5.74, 6) is -0.468. The van der Waals surface area contributed by atoms with Gasteiger partial charge in [0.1, 0.15) is 15.6 Å². The monoisotopic (exact) mass is 676 g/mol. The first-order valence-electron chi connectivity index (χ1n) is 12.2. The molecule has 12 heteroatoms. The molecule has 1 aromatic carbocycles. The van der Waals surface area contributed by atoms with E-state index in [1.54, 1.807) is 18.3 Å². The van der Waals surface area contributed by atoms with Crippen molar-refractivity contribution in [2.45, 2.75) is 26.4 Å². The number of ether oxygens (including phenoxy) is 1. The van der Waals surface area contributed by atoms with E-state index in [0.29, 0.717) is 29.2 Å². The van der Waals surface area contributed by atoms with Crippen LogP contribution in [0.2, 0.25) is 5.15 Å². The number of fused-ring (bicyclic) bond motifs is 1. The van der Waals surface area contributed by atoms with E-state index in [9.17, 15) is 9.59 Å². The van der Waals surface area contributed by atoms with Crippen LogP contribution in [0.25, 0.3) is 11.0 Å². The Morgan fingerprint density at radius 2 is 2.00 bits per heavy atom. The Hall–Kier alpha value is -2.86. The first-order valence-corrected chi connectivity index (χ1v) is 14.2. The molecular formula is C27H27Br2ClN6O3. The van der Waals surface area contributed by atoms with Gasteiger partial charge in [-0.2, -0.15) is 0 Å². The quantitative estimate of drug-likeness (QED) is 0.179. The molecule has 0 fully saturated rings. The van der Waals surface area contributed by atoms with Crippen LogP contribution >= 0.6 is 43.5 Å². The minimum Gasteiger partial charge on any atom is -0.380 e. The number of halogens is 3. The third-order valence-electron chi connectivity index (χ3n) is 6.21. The maximum absolute atomic E-state index is 14.1. The number of nitrogens with zero attached hydrogens (tertiary/aromatic N) is 5. The van der Waals surface area contributed by atoms with Gasteiger partial charge in [-0.05, 0) is 77.3 Å². The SMILES string of the molecule is CCOCCNC(=O)C(c1nc2cc(Br)ccc2n1C)N(Cc1cnc(Br)cc1C)C(=O)c1cccnc1Cl. The molecule has 0 radical (unpaired) electrons. The molecule has 39 heavy (non-hydrogen) atoms. The molecule has 4 rings (SSSR count). The minimum absolute atomic E-state index is 0.0441. The molecule has 1 atom stereocenters. The fraction of sp³-hybridized carbons (Fsp3) is 0.296. The van der Waals surface area contributed by atoms with E-state index in [1.807, 2.05) is 49.7 Å². The number of benzene rings is 1. The summed E-state index contributed by atoms with van der Waals surface area (Å²) in [5.41, 5.74) is 3.34. The lowest BCUT2D eigenvalue weighted by Gasteiger charge is -2.31. The predicted molar refractivity (Wildman–Crippen MR) is 156 cm³/mol. The zero-order chi connectivity index (χ0) is 28.1. The van der Waals surface area contributed by atoms with Crippen LogP contribution < -0.4 is 5.32 Å². The fourth-order valence-corrected chi connectivity index (χ4v) is 5.20. The van der Waals surface area contributed by atoms with Gasteiger partial charge in [0.15, 0.2) is 6.04 Å². The first kappa shape index (κ1) is 29.1. The van der Waals surface area contributed by atoms with Crippen molar-refractivity contribution in [3.63, 3.8) is 0 Å². The summed E-state index contributed by atoms with van der Waals surface area (Å²) >= 11 is 13.2. The molecule has 1 N–H and O–H groups in total. The molecule has 0 saturated heterocycles. The largest absolute Gasteiger partial charge is 0.380 e. The number of pyridine rings is 2. The lowest BCUT2D eigenvalue weighted by atomic mass is 10.1. The molecule has 0 aliphatic heterocycles. The average Bonchev–Trinajstić information content (AvgIpc) is 3.22. The molecule has 2 amide bonds. The second-order valence-electron chi connectivity index (χ2n) is 8.76. The van der Waals surface area contributed by atoms with Gasteiger partial charge < -0.3 is 19.5 Å². The van der Waals surface area contributed by atoms with Gasteiger partial charge in [0.2, 0.25) is 0 Å². The van der Waals surface area contributed by atoms with Crippen molar-refractivity contribution < 1.29 is 14.3 Å². The molecule has 0 bridgehead atoms. The topological polar surface area (TPSA) is 102 Å². The molecule has 0 aliphatic carbocycles. The van der Waals surface area contributed by atoms with Crippen LogP contribution in [0.15, 0.2) is 57.9 Å². The number of imidazole rings is 1. The molecule has 1 unspecified atom stereocenters. The van der Waals surface area contributed by atoms with Crippen molar-refractivity contribution in [1.29, 1.82) is 0 Å². The van der Waals surface area contributed by atoms with Gasteiger partial charge in [-0.25, -0.2) is 15.0 Å². The third-order valence-corrected chi connectivity index (χ3v) is 7.44. The summed E-state index contributed by atoms with van der Waals surface area (Å²) in [7, 11) is 1.82. The Balaban J connectivity index is 1.87. The highest BCUT2D eigenvalue weighted by Crippen LogP contribution is 2.30. The van der Waals surface area contributed by atoms with Crippen molar-refractivity contribution in [3.05, 3.63) is 85.5 Å². The minimum atomic E-state index is -1.10. The van der Waals surface area contributed by atoms with Crippen LogP contribution in [0, 0.1) is 6.92 Å². The van der Waals surface area contributed by atoms with Gasteiger partial charge >= 0.3 is 0 Å². The average molecular weight is 679 g/mol. The van der Waals surface area contributed by atoms with Crippen LogP contribution in [0.5, 0.6) is 0 Å². The highest BCUT2D eigenvalue weighted by atomic mass is 79.9. The van der Waals surface area contributed by atoms with E-state index in [1.165, 1.54) is 11.1 Å². The normalized spacial score (nSPS) is 11.9. The first-order chi connectivity index (χ1) is 18.7. The Kier molecular flexibility index (Phi) is 9.71. The zero-order valence-corrected chi connectivity index (χ0v) is 25.5. The molecule has 204 valence electrons. The van der Waals surface area contributed by atoms with Crippen LogP contribution in [-0.4, -0.2) is 56.0 Å². The number of carbonyl (C=O) groups excluding carboxylic acids is 2. The summed E-state index contributed by atoms with van der Waals surface area (Å²) in [6.07, 6.45) is 3.19. The van der Waals surface area contributed by atoms with Gasteiger partial charge in [0.05, 0.1) is 23.2 Å². The van der Waals surface area contributed by atoms with Crippen LogP contribution in [0.3, 0.4) is 0 Å².